The maximum atomic E-state index is 13.4. The highest BCUT2D eigenvalue weighted by molar-refractivity contribution is 5.84. The number of rotatable bonds is 3. The third-order valence-electron chi connectivity index (χ3n) is 6.05. The molecule has 138 valence electrons. The summed E-state index contributed by atoms with van der Waals surface area (Å²) in [6.45, 7) is 1.40. The van der Waals surface area contributed by atoms with Crippen LogP contribution in [0.25, 0.3) is 10.9 Å². The first-order chi connectivity index (χ1) is 12.5. The molecule has 1 aromatic heterocycles. The van der Waals surface area contributed by atoms with Gasteiger partial charge in [0.1, 0.15) is 5.82 Å². The normalized spacial score (nSPS) is 24.3. The summed E-state index contributed by atoms with van der Waals surface area (Å²) in [7, 11) is 0. The number of hydrogen-bond donors (Lipinski definition) is 2. The van der Waals surface area contributed by atoms with Gasteiger partial charge in [0.15, 0.2) is 0 Å². The number of nitrogens with one attached hydrogen (secondary N) is 1. The van der Waals surface area contributed by atoms with Crippen LogP contribution in [0.1, 0.15) is 43.6 Å². The molecule has 2 aliphatic rings. The van der Waals surface area contributed by atoms with E-state index in [0.717, 1.165) is 23.7 Å². The second kappa shape index (κ2) is 6.74. The lowest BCUT2D eigenvalue weighted by atomic mass is 9.88. The number of likely N-dealkylation sites (tertiary alicyclic amines) is 1. The van der Waals surface area contributed by atoms with E-state index in [1.165, 1.54) is 17.7 Å². The zero-order chi connectivity index (χ0) is 18.3. The van der Waals surface area contributed by atoms with E-state index in [-0.39, 0.29) is 23.6 Å². The Morgan fingerprint density at radius 1 is 1.12 bits per heavy atom. The fraction of sp³-hybridized carbons (Fsp3) is 0.500. The van der Waals surface area contributed by atoms with Crippen LogP contribution >= 0.6 is 0 Å². The average molecular weight is 358 g/mol. The summed E-state index contributed by atoms with van der Waals surface area (Å²) in [5.41, 5.74) is 2.00. The quantitative estimate of drug-likeness (QED) is 0.882. The highest BCUT2D eigenvalue weighted by Crippen LogP contribution is 2.36. The van der Waals surface area contributed by atoms with Gasteiger partial charge in [-0.2, -0.15) is 0 Å². The summed E-state index contributed by atoms with van der Waals surface area (Å²) in [6, 6.07) is 4.81. The van der Waals surface area contributed by atoms with E-state index >= 15 is 0 Å². The molecule has 2 heterocycles. The third kappa shape index (κ3) is 3.08. The zero-order valence-electron chi connectivity index (χ0n) is 14.6. The van der Waals surface area contributed by atoms with Crippen LogP contribution in [0, 0.1) is 17.7 Å². The van der Waals surface area contributed by atoms with Gasteiger partial charge in [-0.1, -0.05) is 0 Å². The van der Waals surface area contributed by atoms with Crippen molar-refractivity contribution in [1.82, 2.24) is 9.88 Å². The number of H-pyrrole nitrogens is 1. The number of benzene rings is 1. The predicted molar refractivity (Wildman–Crippen MR) is 95.3 cm³/mol. The molecule has 4 rings (SSSR count). The molecule has 1 amide bonds. The molecule has 26 heavy (non-hydrogen) atoms. The molecule has 2 atom stereocenters. The Balaban J connectivity index is 1.39. The van der Waals surface area contributed by atoms with E-state index < -0.39 is 5.97 Å². The molecule has 5 nitrogen and oxygen atoms in total. The van der Waals surface area contributed by atoms with Gasteiger partial charge >= 0.3 is 5.97 Å². The highest BCUT2D eigenvalue weighted by Gasteiger charge is 2.37. The topological polar surface area (TPSA) is 73.4 Å². The number of carboxylic acids is 1. The van der Waals surface area contributed by atoms with Gasteiger partial charge in [0.2, 0.25) is 5.91 Å². The van der Waals surface area contributed by atoms with Crippen molar-refractivity contribution < 1.29 is 19.1 Å². The zero-order valence-corrected chi connectivity index (χ0v) is 14.6. The number of amides is 1. The maximum Gasteiger partial charge on any atom is 0.306 e. The summed E-state index contributed by atoms with van der Waals surface area (Å²) in [4.78, 5) is 28.8. The van der Waals surface area contributed by atoms with E-state index in [4.69, 9.17) is 5.11 Å². The van der Waals surface area contributed by atoms with Crippen molar-refractivity contribution in [2.75, 3.05) is 13.1 Å². The number of carbonyl (C=O) groups is 2. The van der Waals surface area contributed by atoms with Crippen LogP contribution in [-0.4, -0.2) is 40.0 Å². The van der Waals surface area contributed by atoms with Crippen LogP contribution in [-0.2, 0) is 9.59 Å². The minimum atomic E-state index is -0.783. The first-order valence-corrected chi connectivity index (χ1v) is 9.31. The number of piperidine rings is 1. The smallest absolute Gasteiger partial charge is 0.306 e. The van der Waals surface area contributed by atoms with Gasteiger partial charge in [-0.05, 0) is 61.8 Å². The van der Waals surface area contributed by atoms with Crippen molar-refractivity contribution in [1.29, 1.82) is 0 Å². The Labute approximate surface area is 151 Å². The standard InChI is InChI=1S/C20H23FN2O3/c21-15-3-4-16-17(11-22-18(16)10-15)12-5-7-23(8-6-12)19(24)13-1-2-14(9-13)20(25)26/h3-4,10-14,22H,1-2,5-9H2,(H,25,26)/t13-,14+/m0/s1. The molecular formula is C20H23FN2O3. The molecule has 0 unspecified atom stereocenters. The van der Waals surface area contributed by atoms with Gasteiger partial charge in [-0.3, -0.25) is 9.59 Å². The molecule has 1 saturated carbocycles. The summed E-state index contributed by atoms with van der Waals surface area (Å²) < 4.78 is 13.4. The monoisotopic (exact) mass is 358 g/mol. The van der Waals surface area contributed by atoms with Gasteiger partial charge in [0.05, 0.1) is 5.92 Å². The van der Waals surface area contributed by atoms with Crippen molar-refractivity contribution in [3.8, 4) is 0 Å². The third-order valence-corrected chi connectivity index (χ3v) is 6.05. The Kier molecular flexibility index (Phi) is 4.42. The largest absolute Gasteiger partial charge is 0.481 e. The molecule has 6 heteroatoms. The van der Waals surface area contributed by atoms with E-state index in [9.17, 15) is 14.0 Å². The van der Waals surface area contributed by atoms with Gasteiger partial charge < -0.3 is 15.0 Å². The van der Waals surface area contributed by atoms with Gasteiger partial charge in [0.25, 0.3) is 0 Å². The minimum absolute atomic E-state index is 0.119. The Hall–Kier alpha value is -2.37. The summed E-state index contributed by atoms with van der Waals surface area (Å²) in [5.74, 6) is -1.06. The number of aliphatic carboxylic acids is 1. The lowest BCUT2D eigenvalue weighted by Crippen LogP contribution is -2.41. The number of nitrogens with zero attached hydrogens (tertiary/aromatic N) is 1. The first kappa shape index (κ1) is 17.1. The van der Waals surface area contributed by atoms with Crippen LogP contribution < -0.4 is 0 Å². The van der Waals surface area contributed by atoms with E-state index in [2.05, 4.69) is 4.98 Å². The summed E-state index contributed by atoms with van der Waals surface area (Å²) in [5, 5.41) is 10.2. The maximum absolute atomic E-state index is 13.4. The van der Waals surface area contributed by atoms with E-state index in [1.54, 1.807) is 0 Å². The Bertz CT molecular complexity index is 839. The Morgan fingerprint density at radius 2 is 1.85 bits per heavy atom. The van der Waals surface area contributed by atoms with Crippen molar-refractivity contribution >= 4 is 22.8 Å². The Morgan fingerprint density at radius 3 is 2.54 bits per heavy atom. The van der Waals surface area contributed by atoms with Crippen molar-refractivity contribution in [2.45, 2.75) is 38.0 Å². The van der Waals surface area contributed by atoms with Crippen LogP contribution in [0.2, 0.25) is 0 Å². The lowest BCUT2D eigenvalue weighted by molar-refractivity contribution is -0.141. The van der Waals surface area contributed by atoms with Crippen LogP contribution in [0.15, 0.2) is 24.4 Å². The van der Waals surface area contributed by atoms with Crippen molar-refractivity contribution in [3.63, 3.8) is 0 Å². The SMILES string of the molecule is O=C(O)[C@@H]1CC[C@H](C(=O)N2CCC(c3c[nH]c4cc(F)ccc34)CC2)C1. The molecule has 0 spiro atoms. The average Bonchev–Trinajstić information content (AvgIpc) is 3.28. The predicted octanol–water partition coefficient (Wildman–Crippen LogP) is 3.51. The number of fused-ring (bicyclic) bond motifs is 1. The number of hydrogen-bond acceptors (Lipinski definition) is 2. The van der Waals surface area contributed by atoms with E-state index in [0.29, 0.717) is 38.3 Å². The molecule has 1 aromatic carbocycles. The number of carboxylic acid groups (broad SMARTS) is 1. The fourth-order valence-corrected chi connectivity index (χ4v) is 4.56. The van der Waals surface area contributed by atoms with Crippen LogP contribution in [0.5, 0.6) is 0 Å². The summed E-state index contributed by atoms with van der Waals surface area (Å²) >= 11 is 0. The van der Waals surface area contributed by atoms with Crippen LogP contribution in [0.4, 0.5) is 4.39 Å². The molecular weight excluding hydrogens is 335 g/mol. The lowest BCUT2D eigenvalue weighted by Gasteiger charge is -2.33. The molecule has 1 aliphatic heterocycles. The number of halogens is 1. The highest BCUT2D eigenvalue weighted by atomic mass is 19.1. The van der Waals surface area contributed by atoms with Gasteiger partial charge in [-0.25, -0.2) is 4.39 Å². The molecule has 2 N–H and O–H groups in total. The fourth-order valence-electron chi connectivity index (χ4n) is 4.56. The second-order valence-electron chi connectivity index (χ2n) is 7.58. The minimum Gasteiger partial charge on any atom is -0.481 e. The van der Waals surface area contributed by atoms with Crippen LogP contribution in [0.3, 0.4) is 0 Å². The van der Waals surface area contributed by atoms with Gasteiger partial charge in [-0.15, -0.1) is 0 Å². The molecule has 0 bridgehead atoms. The van der Waals surface area contributed by atoms with Crippen molar-refractivity contribution in [3.05, 3.63) is 35.8 Å². The number of carbonyl (C=O) groups excluding carboxylic acids is 1. The van der Waals surface area contributed by atoms with Gasteiger partial charge in [0, 0.05) is 36.1 Å². The number of aromatic amines is 1. The molecule has 0 radical (unpaired) electrons. The first-order valence-electron chi connectivity index (χ1n) is 9.31. The number of aromatic nitrogens is 1. The molecule has 1 aliphatic carbocycles. The molecule has 2 fully saturated rings. The summed E-state index contributed by atoms with van der Waals surface area (Å²) in [6.07, 6.45) is 5.48. The van der Waals surface area contributed by atoms with E-state index in [1.807, 2.05) is 17.2 Å². The molecule has 1 saturated heterocycles. The van der Waals surface area contributed by atoms with Crippen molar-refractivity contribution in [2.24, 2.45) is 11.8 Å². The second-order valence-corrected chi connectivity index (χ2v) is 7.58. The molecule has 2 aromatic rings.